The number of hydrogen-bond donors (Lipinski definition) is 1. The monoisotopic (exact) mass is 399 g/mol. The molecular formula is C21H25N3O3S. The van der Waals surface area contributed by atoms with E-state index in [0.29, 0.717) is 31.7 Å². The van der Waals surface area contributed by atoms with Crippen LogP contribution in [0.4, 0.5) is 0 Å². The number of amides is 1. The fourth-order valence-corrected chi connectivity index (χ4v) is 4.82. The van der Waals surface area contributed by atoms with Crippen molar-refractivity contribution in [3.05, 3.63) is 65.7 Å². The molecule has 4 rings (SSSR count). The average Bonchev–Trinajstić information content (AvgIpc) is 3.53. The van der Waals surface area contributed by atoms with Crippen molar-refractivity contribution < 1.29 is 13.2 Å². The highest BCUT2D eigenvalue weighted by Gasteiger charge is 2.29. The van der Waals surface area contributed by atoms with Crippen molar-refractivity contribution in [2.45, 2.75) is 30.3 Å². The number of nitrogens with one attached hydrogen (secondary N) is 1. The summed E-state index contributed by atoms with van der Waals surface area (Å²) in [5.74, 6) is -0.138. The number of carbonyl (C=O) groups is 1. The molecule has 6 nitrogen and oxygen atoms in total. The van der Waals surface area contributed by atoms with E-state index >= 15 is 0 Å². The average molecular weight is 400 g/mol. The van der Waals surface area contributed by atoms with E-state index in [1.165, 1.54) is 22.0 Å². The fourth-order valence-electron chi connectivity index (χ4n) is 3.39. The van der Waals surface area contributed by atoms with Crippen molar-refractivity contribution >= 4 is 15.9 Å². The lowest BCUT2D eigenvalue weighted by Gasteiger charge is -2.34. The molecule has 0 spiro atoms. The van der Waals surface area contributed by atoms with Gasteiger partial charge in [0.15, 0.2) is 0 Å². The number of piperazine rings is 1. The van der Waals surface area contributed by atoms with E-state index in [2.05, 4.69) is 22.3 Å². The summed E-state index contributed by atoms with van der Waals surface area (Å²) in [5, 5.41) is 2.91. The predicted molar refractivity (Wildman–Crippen MR) is 107 cm³/mol. The lowest BCUT2D eigenvalue weighted by molar-refractivity contribution is 0.0951. The third kappa shape index (κ3) is 4.43. The van der Waals surface area contributed by atoms with E-state index in [-0.39, 0.29) is 16.8 Å². The second-order valence-electron chi connectivity index (χ2n) is 7.44. The van der Waals surface area contributed by atoms with Gasteiger partial charge in [-0.1, -0.05) is 30.3 Å². The summed E-state index contributed by atoms with van der Waals surface area (Å²) in [5.41, 5.74) is 1.73. The first-order chi connectivity index (χ1) is 13.5. The molecule has 2 fully saturated rings. The zero-order chi connectivity index (χ0) is 19.6. The molecule has 0 radical (unpaired) electrons. The molecule has 2 aromatic rings. The van der Waals surface area contributed by atoms with Crippen LogP contribution in [0.2, 0.25) is 0 Å². The molecule has 1 saturated carbocycles. The van der Waals surface area contributed by atoms with Crippen LogP contribution in [0.15, 0.2) is 59.5 Å². The van der Waals surface area contributed by atoms with E-state index in [4.69, 9.17) is 0 Å². The van der Waals surface area contributed by atoms with Crippen LogP contribution in [0.1, 0.15) is 28.8 Å². The van der Waals surface area contributed by atoms with Crippen LogP contribution < -0.4 is 5.32 Å². The fraction of sp³-hybridized carbons (Fsp3) is 0.381. The molecule has 1 N–H and O–H groups in total. The number of hydrogen-bond acceptors (Lipinski definition) is 4. The van der Waals surface area contributed by atoms with Gasteiger partial charge in [0, 0.05) is 44.3 Å². The van der Waals surface area contributed by atoms with Crippen LogP contribution in [0.5, 0.6) is 0 Å². The highest BCUT2D eigenvalue weighted by molar-refractivity contribution is 7.89. The second-order valence-corrected chi connectivity index (χ2v) is 9.38. The van der Waals surface area contributed by atoms with Gasteiger partial charge in [-0.25, -0.2) is 8.42 Å². The van der Waals surface area contributed by atoms with Crippen molar-refractivity contribution in [2.75, 3.05) is 26.2 Å². The topological polar surface area (TPSA) is 69.7 Å². The van der Waals surface area contributed by atoms with Gasteiger partial charge >= 0.3 is 0 Å². The van der Waals surface area contributed by atoms with Crippen molar-refractivity contribution in [1.82, 2.24) is 14.5 Å². The molecule has 1 amide bonds. The number of rotatable bonds is 6. The van der Waals surface area contributed by atoms with Crippen LogP contribution in [-0.2, 0) is 16.6 Å². The Morgan fingerprint density at radius 1 is 0.929 bits per heavy atom. The first-order valence-electron chi connectivity index (χ1n) is 9.70. The summed E-state index contributed by atoms with van der Waals surface area (Å²) in [7, 11) is -3.54. The highest BCUT2D eigenvalue weighted by Crippen LogP contribution is 2.21. The van der Waals surface area contributed by atoms with Gasteiger partial charge in [0.2, 0.25) is 10.0 Å². The van der Waals surface area contributed by atoms with Crippen LogP contribution in [0.25, 0.3) is 0 Å². The van der Waals surface area contributed by atoms with E-state index in [0.717, 1.165) is 19.4 Å². The number of carbonyl (C=O) groups excluding carboxylic acids is 1. The minimum atomic E-state index is -3.54. The minimum absolute atomic E-state index is 0.138. The minimum Gasteiger partial charge on any atom is -0.349 e. The molecule has 1 aliphatic heterocycles. The summed E-state index contributed by atoms with van der Waals surface area (Å²) in [4.78, 5) is 14.6. The predicted octanol–water partition coefficient (Wildman–Crippen LogP) is 2.09. The normalized spacial score (nSPS) is 18.7. The van der Waals surface area contributed by atoms with E-state index in [1.54, 1.807) is 12.1 Å². The van der Waals surface area contributed by atoms with E-state index in [1.807, 2.05) is 18.2 Å². The zero-order valence-corrected chi connectivity index (χ0v) is 16.6. The molecule has 0 atom stereocenters. The Morgan fingerprint density at radius 3 is 2.18 bits per heavy atom. The molecule has 0 aromatic heterocycles. The Balaban J connectivity index is 1.36. The van der Waals surface area contributed by atoms with Gasteiger partial charge in [-0.15, -0.1) is 0 Å². The van der Waals surface area contributed by atoms with Gasteiger partial charge in [-0.05, 0) is 42.7 Å². The van der Waals surface area contributed by atoms with Gasteiger partial charge in [0.1, 0.15) is 0 Å². The van der Waals surface area contributed by atoms with Gasteiger partial charge in [-0.2, -0.15) is 4.31 Å². The SMILES string of the molecule is O=C(NC1CC1)c1ccc(S(=O)(=O)N2CCN(Cc3ccccc3)CC2)cc1. The summed E-state index contributed by atoms with van der Waals surface area (Å²) >= 11 is 0. The smallest absolute Gasteiger partial charge is 0.251 e. The maximum absolute atomic E-state index is 12.9. The van der Waals surface area contributed by atoms with E-state index < -0.39 is 10.0 Å². The lowest BCUT2D eigenvalue weighted by Crippen LogP contribution is -2.48. The van der Waals surface area contributed by atoms with Crippen molar-refractivity contribution in [1.29, 1.82) is 0 Å². The van der Waals surface area contributed by atoms with Crippen molar-refractivity contribution in [2.24, 2.45) is 0 Å². The third-order valence-electron chi connectivity index (χ3n) is 5.25. The first-order valence-corrected chi connectivity index (χ1v) is 11.1. The summed E-state index contributed by atoms with van der Waals surface area (Å²) in [6, 6.07) is 16.7. The molecule has 0 bridgehead atoms. The zero-order valence-electron chi connectivity index (χ0n) is 15.8. The molecule has 148 valence electrons. The van der Waals surface area contributed by atoms with E-state index in [9.17, 15) is 13.2 Å². The summed E-state index contributed by atoms with van der Waals surface area (Å²) in [6.07, 6.45) is 2.04. The molecule has 1 saturated heterocycles. The first kappa shape index (κ1) is 19.1. The van der Waals surface area contributed by atoms with Gasteiger partial charge in [0.25, 0.3) is 5.91 Å². The van der Waals surface area contributed by atoms with Crippen LogP contribution in [0, 0.1) is 0 Å². The Bertz CT molecular complexity index is 917. The Hall–Kier alpha value is -2.22. The number of nitrogens with zero attached hydrogens (tertiary/aromatic N) is 2. The maximum atomic E-state index is 12.9. The molecule has 1 aliphatic carbocycles. The largest absolute Gasteiger partial charge is 0.349 e. The summed E-state index contributed by atoms with van der Waals surface area (Å²) < 4.78 is 27.4. The Labute approximate surface area is 166 Å². The van der Waals surface area contributed by atoms with Crippen molar-refractivity contribution in [3.8, 4) is 0 Å². The number of benzene rings is 2. The second kappa shape index (κ2) is 8.03. The molecule has 28 heavy (non-hydrogen) atoms. The van der Waals surface area contributed by atoms with Gasteiger partial charge < -0.3 is 5.32 Å². The van der Waals surface area contributed by atoms with Crippen LogP contribution in [0.3, 0.4) is 0 Å². The van der Waals surface area contributed by atoms with Crippen molar-refractivity contribution in [3.63, 3.8) is 0 Å². The van der Waals surface area contributed by atoms with Gasteiger partial charge in [0.05, 0.1) is 4.90 Å². The lowest BCUT2D eigenvalue weighted by atomic mass is 10.2. The maximum Gasteiger partial charge on any atom is 0.251 e. The third-order valence-corrected chi connectivity index (χ3v) is 7.16. The molecule has 1 heterocycles. The van der Waals surface area contributed by atoms with Crippen LogP contribution in [-0.4, -0.2) is 55.8 Å². The Morgan fingerprint density at radius 2 is 1.57 bits per heavy atom. The van der Waals surface area contributed by atoms with Crippen LogP contribution >= 0.6 is 0 Å². The molecular weight excluding hydrogens is 374 g/mol. The summed E-state index contributed by atoms with van der Waals surface area (Å²) in [6.45, 7) is 3.18. The quantitative estimate of drug-likeness (QED) is 0.808. The molecule has 0 unspecified atom stereocenters. The molecule has 7 heteroatoms. The Kier molecular flexibility index (Phi) is 5.48. The molecule has 2 aromatic carbocycles. The molecule has 2 aliphatic rings. The standard InChI is InChI=1S/C21H25N3O3S/c25-21(22-19-8-9-19)18-6-10-20(11-7-18)28(26,27)24-14-12-23(13-15-24)16-17-4-2-1-3-5-17/h1-7,10-11,19H,8-9,12-16H2,(H,22,25). The highest BCUT2D eigenvalue weighted by atomic mass is 32.2. The van der Waals surface area contributed by atoms with Gasteiger partial charge in [-0.3, -0.25) is 9.69 Å². The number of sulfonamides is 1.